The van der Waals surface area contributed by atoms with Crippen molar-refractivity contribution in [3.05, 3.63) is 50.9 Å². The maximum Gasteiger partial charge on any atom is 0.310 e. The number of nitro benzene ring substituents is 1. The lowest BCUT2D eigenvalue weighted by Gasteiger charge is -2.17. The van der Waals surface area contributed by atoms with Gasteiger partial charge in [0.1, 0.15) is 11.1 Å². The summed E-state index contributed by atoms with van der Waals surface area (Å²) in [5.74, 6) is -0.0391. The van der Waals surface area contributed by atoms with Gasteiger partial charge in [-0.3, -0.25) is 14.9 Å². The SMILES string of the molecule is CC(C)(C)c1csc(NC(=O)CCCOc2ccccc2[N+](=O)[O-])c1C#N. The molecule has 0 radical (unpaired) electrons. The number of hydrogen-bond donors (Lipinski definition) is 1. The van der Waals surface area contributed by atoms with Gasteiger partial charge < -0.3 is 10.1 Å². The van der Waals surface area contributed by atoms with Crippen LogP contribution in [0.2, 0.25) is 0 Å². The fourth-order valence-electron chi connectivity index (χ4n) is 2.45. The lowest BCUT2D eigenvalue weighted by Crippen LogP contribution is -2.15. The van der Waals surface area contributed by atoms with Crippen LogP contribution < -0.4 is 10.1 Å². The lowest BCUT2D eigenvalue weighted by molar-refractivity contribution is -0.385. The third-order valence-corrected chi connectivity index (χ3v) is 4.73. The highest BCUT2D eigenvalue weighted by Gasteiger charge is 2.23. The number of nitriles is 1. The Bertz CT molecular complexity index is 878. The summed E-state index contributed by atoms with van der Waals surface area (Å²) in [6.07, 6.45) is 0.589. The van der Waals surface area contributed by atoms with Crippen LogP contribution in [0.5, 0.6) is 5.75 Å². The number of para-hydroxylation sites is 2. The minimum atomic E-state index is -0.505. The number of carbonyl (C=O) groups excluding carboxylic acids is 1. The van der Waals surface area contributed by atoms with Crippen LogP contribution in [0.1, 0.15) is 44.7 Å². The zero-order chi connectivity index (χ0) is 20.0. The van der Waals surface area contributed by atoms with Crippen LogP contribution in [0.25, 0.3) is 0 Å². The average molecular weight is 387 g/mol. The monoisotopic (exact) mass is 387 g/mol. The Morgan fingerprint density at radius 2 is 2.07 bits per heavy atom. The molecule has 0 atom stereocenters. The van der Waals surface area contributed by atoms with Gasteiger partial charge in [0.05, 0.1) is 17.1 Å². The fraction of sp³-hybridized carbons (Fsp3) is 0.368. The number of ether oxygens (including phenoxy) is 1. The summed E-state index contributed by atoms with van der Waals surface area (Å²) in [7, 11) is 0. The largest absolute Gasteiger partial charge is 0.487 e. The van der Waals surface area contributed by atoms with Crippen molar-refractivity contribution in [2.24, 2.45) is 0 Å². The molecule has 1 amide bonds. The Morgan fingerprint density at radius 1 is 1.37 bits per heavy atom. The minimum Gasteiger partial charge on any atom is -0.487 e. The van der Waals surface area contributed by atoms with Crippen molar-refractivity contribution in [2.75, 3.05) is 11.9 Å². The van der Waals surface area contributed by atoms with E-state index in [9.17, 15) is 20.2 Å². The van der Waals surface area contributed by atoms with E-state index in [1.165, 1.54) is 23.5 Å². The summed E-state index contributed by atoms with van der Waals surface area (Å²) >= 11 is 1.34. The molecular weight excluding hydrogens is 366 g/mol. The molecule has 0 saturated carbocycles. The summed E-state index contributed by atoms with van der Waals surface area (Å²) in [4.78, 5) is 22.6. The summed E-state index contributed by atoms with van der Waals surface area (Å²) < 4.78 is 5.42. The van der Waals surface area contributed by atoms with Crippen molar-refractivity contribution in [1.29, 1.82) is 5.26 Å². The highest BCUT2D eigenvalue weighted by molar-refractivity contribution is 7.14. The van der Waals surface area contributed by atoms with Gasteiger partial charge in [0.25, 0.3) is 0 Å². The van der Waals surface area contributed by atoms with Gasteiger partial charge in [0.2, 0.25) is 5.91 Å². The number of nitrogens with zero attached hydrogens (tertiary/aromatic N) is 2. The van der Waals surface area contributed by atoms with Gasteiger partial charge in [-0.05, 0) is 28.8 Å². The summed E-state index contributed by atoms with van der Waals surface area (Å²) in [5.41, 5.74) is 1.12. The topological polar surface area (TPSA) is 105 Å². The Kier molecular flexibility index (Phi) is 6.53. The molecule has 0 aliphatic rings. The minimum absolute atomic E-state index is 0.103. The molecule has 2 aromatic rings. The quantitative estimate of drug-likeness (QED) is 0.424. The fourth-order valence-corrected chi connectivity index (χ4v) is 3.60. The molecule has 0 aliphatic heterocycles. The van der Waals surface area contributed by atoms with Gasteiger partial charge in [0, 0.05) is 12.5 Å². The molecule has 8 heteroatoms. The van der Waals surface area contributed by atoms with Crippen molar-refractivity contribution < 1.29 is 14.5 Å². The van der Waals surface area contributed by atoms with Gasteiger partial charge in [-0.2, -0.15) is 5.26 Å². The average Bonchev–Trinajstić information content (AvgIpc) is 3.01. The molecule has 0 fully saturated rings. The van der Waals surface area contributed by atoms with Gasteiger partial charge in [-0.1, -0.05) is 32.9 Å². The first kappa shape index (κ1) is 20.4. The van der Waals surface area contributed by atoms with Crippen LogP contribution in [-0.4, -0.2) is 17.4 Å². The van der Waals surface area contributed by atoms with E-state index in [2.05, 4.69) is 11.4 Å². The van der Waals surface area contributed by atoms with Crippen LogP contribution in [0.15, 0.2) is 29.6 Å². The first-order valence-electron chi connectivity index (χ1n) is 8.42. The number of rotatable bonds is 7. The summed E-state index contributed by atoms with van der Waals surface area (Å²) in [6, 6.07) is 8.29. The molecular formula is C19H21N3O4S. The Balaban J connectivity index is 1.89. The number of nitrogens with one attached hydrogen (secondary N) is 1. The smallest absolute Gasteiger partial charge is 0.310 e. The molecule has 1 heterocycles. The second-order valence-electron chi connectivity index (χ2n) is 6.94. The number of hydrogen-bond acceptors (Lipinski definition) is 6. The third kappa shape index (κ3) is 5.28. The van der Waals surface area contributed by atoms with E-state index in [0.717, 1.165) is 5.56 Å². The maximum absolute atomic E-state index is 12.1. The number of carbonyl (C=O) groups is 1. The summed E-state index contributed by atoms with van der Waals surface area (Å²) in [6.45, 7) is 6.23. The van der Waals surface area contributed by atoms with Crippen LogP contribution in [0, 0.1) is 21.4 Å². The molecule has 0 saturated heterocycles. The van der Waals surface area contributed by atoms with Crippen molar-refractivity contribution in [3.8, 4) is 11.8 Å². The van der Waals surface area contributed by atoms with Crippen LogP contribution in [0.4, 0.5) is 10.7 Å². The van der Waals surface area contributed by atoms with Crippen molar-refractivity contribution in [3.63, 3.8) is 0 Å². The highest BCUT2D eigenvalue weighted by atomic mass is 32.1. The number of thiophene rings is 1. The van der Waals surface area contributed by atoms with Crippen LogP contribution >= 0.6 is 11.3 Å². The molecule has 142 valence electrons. The molecule has 0 bridgehead atoms. The molecule has 0 spiro atoms. The predicted octanol–water partition coefficient (Wildman–Crippen LogP) is 4.62. The first-order chi connectivity index (χ1) is 12.7. The van der Waals surface area contributed by atoms with Crippen LogP contribution in [0.3, 0.4) is 0 Å². The predicted molar refractivity (Wildman–Crippen MR) is 104 cm³/mol. The molecule has 1 aromatic carbocycles. The molecule has 1 aromatic heterocycles. The van der Waals surface area contributed by atoms with Crippen molar-refractivity contribution >= 4 is 27.9 Å². The standard InChI is InChI=1S/C19H21N3O4S/c1-19(2,3)14-12-27-18(13(14)11-20)21-17(23)9-6-10-26-16-8-5-4-7-15(16)22(24)25/h4-5,7-8,12H,6,9-10H2,1-3H3,(H,21,23). The first-order valence-corrected chi connectivity index (χ1v) is 9.30. The van der Waals surface area contributed by atoms with Gasteiger partial charge >= 0.3 is 5.69 Å². The van der Waals surface area contributed by atoms with E-state index in [1.54, 1.807) is 12.1 Å². The van der Waals surface area contributed by atoms with Gasteiger partial charge in [-0.15, -0.1) is 11.3 Å². The normalized spacial score (nSPS) is 10.9. The second-order valence-corrected chi connectivity index (χ2v) is 7.82. The molecule has 2 rings (SSSR count). The molecule has 7 nitrogen and oxygen atoms in total. The molecule has 0 aliphatic carbocycles. The molecule has 1 N–H and O–H groups in total. The van der Waals surface area contributed by atoms with E-state index in [-0.39, 0.29) is 35.8 Å². The van der Waals surface area contributed by atoms with E-state index >= 15 is 0 Å². The van der Waals surface area contributed by atoms with Crippen LogP contribution in [-0.2, 0) is 10.2 Å². The maximum atomic E-state index is 12.1. The second kappa shape index (κ2) is 8.64. The lowest BCUT2D eigenvalue weighted by atomic mass is 9.86. The van der Waals surface area contributed by atoms with E-state index in [1.807, 2.05) is 26.2 Å². The van der Waals surface area contributed by atoms with Crippen molar-refractivity contribution in [1.82, 2.24) is 0 Å². The Morgan fingerprint density at radius 3 is 2.70 bits per heavy atom. The van der Waals surface area contributed by atoms with E-state index < -0.39 is 4.92 Å². The Labute approximate surface area is 161 Å². The van der Waals surface area contributed by atoms with Gasteiger partial charge in [0.15, 0.2) is 5.75 Å². The zero-order valence-corrected chi connectivity index (χ0v) is 16.3. The van der Waals surface area contributed by atoms with Gasteiger partial charge in [-0.25, -0.2) is 0 Å². The number of anilines is 1. The van der Waals surface area contributed by atoms with E-state index in [0.29, 0.717) is 17.0 Å². The zero-order valence-electron chi connectivity index (χ0n) is 15.4. The summed E-state index contributed by atoms with van der Waals surface area (Å²) in [5, 5.41) is 25.6. The Hall–Kier alpha value is -2.92. The van der Waals surface area contributed by atoms with E-state index in [4.69, 9.17) is 4.74 Å². The highest BCUT2D eigenvalue weighted by Crippen LogP contribution is 2.35. The molecule has 0 unspecified atom stereocenters. The molecule has 27 heavy (non-hydrogen) atoms. The number of amides is 1. The third-order valence-electron chi connectivity index (χ3n) is 3.83. The number of nitro groups is 1. The number of benzene rings is 1. The van der Waals surface area contributed by atoms with Crippen molar-refractivity contribution in [2.45, 2.75) is 39.0 Å².